The van der Waals surface area contributed by atoms with Crippen molar-refractivity contribution in [3.63, 3.8) is 0 Å². The standard InChI is InChI=1S/C26H46O4Si2/c1-24(2,3)31(7,8)29-22-16-21(27-18-20-14-12-11-13-15-20)17-23(26(22)19-28-26)30-32(9,10)25(4,5)6/h11-15,21-23H,16-19H2,1-10H3/t21?,22-,23+,26?. The van der Waals surface area contributed by atoms with E-state index in [9.17, 15) is 0 Å². The summed E-state index contributed by atoms with van der Waals surface area (Å²) in [5, 5.41) is 0.299. The van der Waals surface area contributed by atoms with Gasteiger partial charge in [-0.1, -0.05) is 71.9 Å². The van der Waals surface area contributed by atoms with Crippen LogP contribution >= 0.6 is 0 Å². The molecular formula is C26H46O4Si2. The summed E-state index contributed by atoms with van der Waals surface area (Å²) in [6, 6.07) is 10.4. The van der Waals surface area contributed by atoms with Crippen LogP contribution in [0.5, 0.6) is 0 Å². The van der Waals surface area contributed by atoms with Gasteiger partial charge in [0.2, 0.25) is 0 Å². The molecule has 3 rings (SSSR count). The predicted molar refractivity (Wildman–Crippen MR) is 137 cm³/mol. The van der Waals surface area contributed by atoms with Gasteiger partial charge in [-0.05, 0) is 41.8 Å². The number of rotatable bonds is 7. The molecular weight excluding hydrogens is 432 g/mol. The lowest BCUT2D eigenvalue weighted by molar-refractivity contribution is -0.101. The summed E-state index contributed by atoms with van der Waals surface area (Å²) in [4.78, 5) is 0. The first-order valence-electron chi connectivity index (χ1n) is 12.2. The van der Waals surface area contributed by atoms with Crippen molar-refractivity contribution >= 4 is 16.6 Å². The van der Waals surface area contributed by atoms with Gasteiger partial charge in [-0.3, -0.25) is 0 Å². The molecule has 1 spiro atoms. The summed E-state index contributed by atoms with van der Waals surface area (Å²) < 4.78 is 26.7. The molecule has 1 aromatic rings. The molecule has 2 unspecified atom stereocenters. The van der Waals surface area contributed by atoms with Crippen molar-refractivity contribution in [1.82, 2.24) is 0 Å². The minimum absolute atomic E-state index is 0.0210. The Hall–Kier alpha value is -0.506. The first kappa shape index (κ1) is 26.1. The van der Waals surface area contributed by atoms with Crippen LogP contribution in [0.4, 0.5) is 0 Å². The fraction of sp³-hybridized carbons (Fsp3) is 0.769. The van der Waals surface area contributed by atoms with E-state index in [1.165, 1.54) is 5.56 Å². The van der Waals surface area contributed by atoms with Crippen molar-refractivity contribution in [2.24, 2.45) is 0 Å². The Balaban J connectivity index is 1.83. The third-order valence-corrected chi connectivity index (χ3v) is 17.3. The summed E-state index contributed by atoms with van der Waals surface area (Å²) in [5.41, 5.74) is 0.900. The highest BCUT2D eigenvalue weighted by molar-refractivity contribution is 6.74. The molecule has 1 heterocycles. The van der Waals surface area contributed by atoms with Gasteiger partial charge in [0.15, 0.2) is 16.6 Å². The maximum Gasteiger partial charge on any atom is 0.192 e. The van der Waals surface area contributed by atoms with Crippen LogP contribution in [0.1, 0.15) is 59.9 Å². The second-order valence-electron chi connectivity index (χ2n) is 12.9. The molecule has 0 aromatic heterocycles. The molecule has 1 aliphatic carbocycles. The molecule has 0 radical (unpaired) electrons. The van der Waals surface area contributed by atoms with Crippen molar-refractivity contribution in [3.8, 4) is 0 Å². The van der Waals surface area contributed by atoms with E-state index < -0.39 is 16.6 Å². The van der Waals surface area contributed by atoms with Gasteiger partial charge in [0.1, 0.15) is 5.60 Å². The molecule has 182 valence electrons. The van der Waals surface area contributed by atoms with Crippen molar-refractivity contribution in [1.29, 1.82) is 0 Å². The Morgan fingerprint density at radius 3 is 1.66 bits per heavy atom. The van der Waals surface area contributed by atoms with Gasteiger partial charge in [-0.25, -0.2) is 0 Å². The molecule has 1 aliphatic heterocycles. The summed E-state index contributed by atoms with van der Waals surface area (Å²) in [6.07, 6.45) is 1.89. The van der Waals surface area contributed by atoms with Crippen LogP contribution < -0.4 is 0 Å². The Morgan fingerprint density at radius 2 is 1.28 bits per heavy atom. The van der Waals surface area contributed by atoms with Crippen molar-refractivity contribution in [3.05, 3.63) is 35.9 Å². The van der Waals surface area contributed by atoms with Crippen molar-refractivity contribution < 1.29 is 18.3 Å². The maximum atomic E-state index is 7.00. The molecule has 4 atom stereocenters. The molecule has 32 heavy (non-hydrogen) atoms. The Morgan fingerprint density at radius 1 is 0.844 bits per heavy atom. The molecule has 0 amide bonds. The smallest absolute Gasteiger partial charge is 0.192 e. The van der Waals surface area contributed by atoms with Crippen molar-refractivity contribution in [2.75, 3.05) is 6.61 Å². The van der Waals surface area contributed by atoms with Crippen LogP contribution in [0, 0.1) is 0 Å². The topological polar surface area (TPSA) is 40.2 Å². The van der Waals surface area contributed by atoms with Crippen LogP contribution in [0.2, 0.25) is 36.3 Å². The molecule has 4 nitrogen and oxygen atoms in total. The van der Waals surface area contributed by atoms with E-state index in [0.717, 1.165) is 19.4 Å². The highest BCUT2D eigenvalue weighted by Crippen LogP contribution is 2.51. The van der Waals surface area contributed by atoms with Crippen LogP contribution in [-0.2, 0) is 24.9 Å². The van der Waals surface area contributed by atoms with E-state index in [1.807, 2.05) is 6.07 Å². The average molecular weight is 479 g/mol. The lowest BCUT2D eigenvalue weighted by Crippen LogP contribution is -2.59. The summed E-state index contributed by atoms with van der Waals surface area (Å²) in [6.45, 7) is 24.5. The molecule has 0 N–H and O–H groups in total. The van der Waals surface area contributed by atoms with E-state index in [2.05, 4.69) is 92.0 Å². The highest BCUT2D eigenvalue weighted by atomic mass is 28.4. The molecule has 1 saturated carbocycles. The third kappa shape index (κ3) is 5.58. The van der Waals surface area contributed by atoms with E-state index in [4.69, 9.17) is 18.3 Å². The zero-order valence-electron chi connectivity index (χ0n) is 22.1. The molecule has 1 aromatic carbocycles. The Kier molecular flexibility index (Phi) is 7.29. The molecule has 2 aliphatic rings. The van der Waals surface area contributed by atoms with E-state index in [1.54, 1.807) is 0 Å². The van der Waals surface area contributed by atoms with Crippen LogP contribution in [0.15, 0.2) is 30.3 Å². The molecule has 6 heteroatoms. The molecule has 0 bridgehead atoms. The zero-order valence-corrected chi connectivity index (χ0v) is 24.1. The number of hydrogen-bond acceptors (Lipinski definition) is 4. The maximum absolute atomic E-state index is 7.00. The van der Waals surface area contributed by atoms with Gasteiger partial charge < -0.3 is 18.3 Å². The second kappa shape index (κ2) is 8.93. The number of benzene rings is 1. The largest absolute Gasteiger partial charge is 0.411 e. The number of ether oxygens (including phenoxy) is 2. The first-order chi connectivity index (χ1) is 14.6. The summed E-state index contributed by atoms with van der Waals surface area (Å²) >= 11 is 0. The monoisotopic (exact) mass is 478 g/mol. The van der Waals surface area contributed by atoms with Gasteiger partial charge >= 0.3 is 0 Å². The quantitative estimate of drug-likeness (QED) is 0.315. The van der Waals surface area contributed by atoms with E-state index in [-0.39, 0.29) is 34.0 Å². The lowest BCUT2D eigenvalue weighted by atomic mass is 9.82. The average Bonchev–Trinajstić information content (AvgIpc) is 3.44. The third-order valence-electron chi connectivity index (χ3n) is 8.34. The van der Waals surface area contributed by atoms with Crippen molar-refractivity contribution in [2.45, 2.75) is 121 Å². The second-order valence-corrected chi connectivity index (χ2v) is 22.4. The summed E-state index contributed by atoms with van der Waals surface area (Å²) in [5.74, 6) is 0. The van der Waals surface area contributed by atoms with Gasteiger partial charge in [0, 0.05) is 12.8 Å². The fourth-order valence-corrected chi connectivity index (χ4v) is 6.64. The normalized spacial score (nSPS) is 29.4. The van der Waals surface area contributed by atoms with Crippen LogP contribution in [0.3, 0.4) is 0 Å². The highest BCUT2D eigenvalue weighted by Gasteiger charge is 2.64. The van der Waals surface area contributed by atoms with E-state index in [0.29, 0.717) is 6.61 Å². The predicted octanol–water partition coefficient (Wildman–Crippen LogP) is 6.92. The zero-order chi connectivity index (χ0) is 24.0. The minimum Gasteiger partial charge on any atom is -0.411 e. The first-order valence-corrected chi connectivity index (χ1v) is 18.0. The SMILES string of the molecule is CC(C)(C)[Si](C)(C)O[C@H]1CC(OCc2ccccc2)C[C@@H](O[Si](C)(C)C(C)(C)C)C12CO2. The van der Waals surface area contributed by atoms with Gasteiger partial charge in [0.25, 0.3) is 0 Å². The Labute approximate surface area is 198 Å². The number of epoxide rings is 1. The van der Waals surface area contributed by atoms with Gasteiger partial charge in [0.05, 0.1) is 31.5 Å². The molecule has 1 saturated heterocycles. The molecule has 2 fully saturated rings. The van der Waals surface area contributed by atoms with Crippen LogP contribution in [0.25, 0.3) is 0 Å². The summed E-state index contributed by atoms with van der Waals surface area (Å²) in [7, 11) is -3.92. The minimum atomic E-state index is -1.96. The fourth-order valence-electron chi connectivity index (χ4n) is 3.92. The van der Waals surface area contributed by atoms with Gasteiger partial charge in [-0.2, -0.15) is 0 Å². The van der Waals surface area contributed by atoms with E-state index >= 15 is 0 Å². The van der Waals surface area contributed by atoms with Gasteiger partial charge in [-0.15, -0.1) is 0 Å². The van der Waals surface area contributed by atoms with Crippen LogP contribution in [-0.4, -0.2) is 47.2 Å². The Bertz CT molecular complexity index is 720. The lowest BCUT2D eigenvalue weighted by Gasteiger charge is -2.49. The number of hydrogen-bond donors (Lipinski definition) is 0.